The molecule has 1 aromatic rings. The van der Waals surface area contributed by atoms with Crippen LogP contribution in [0.2, 0.25) is 5.02 Å². The fraction of sp³-hybridized carbons (Fsp3) is 0.429. The summed E-state index contributed by atoms with van der Waals surface area (Å²) >= 11 is 5.79. The number of rotatable bonds is 5. The maximum Gasteiger partial charge on any atom is 0.387 e. The van der Waals surface area contributed by atoms with E-state index in [1.807, 2.05) is 0 Å². The lowest BCUT2D eigenvalue weighted by molar-refractivity contribution is -0.141. The summed E-state index contributed by atoms with van der Waals surface area (Å²) in [5, 5.41) is 11.5. The van der Waals surface area contributed by atoms with Crippen molar-refractivity contribution >= 4 is 29.2 Å². The molecule has 8 heteroatoms. The molecule has 0 aromatic heterocycles. The SMILES string of the molecule is O=C(O)[C@@H]1CC[C@H](C(=O)Nc2ccc(OC(F)F)c(Cl)c2)C1. The molecule has 5 nitrogen and oxygen atoms in total. The third-order valence-electron chi connectivity index (χ3n) is 3.57. The summed E-state index contributed by atoms with van der Waals surface area (Å²) in [7, 11) is 0. The molecule has 0 spiro atoms. The Labute approximate surface area is 130 Å². The van der Waals surface area contributed by atoms with Gasteiger partial charge in [-0.3, -0.25) is 9.59 Å². The number of ether oxygens (including phenoxy) is 1. The molecule has 1 aliphatic carbocycles. The average molecular weight is 334 g/mol. The summed E-state index contributed by atoms with van der Waals surface area (Å²) in [5.41, 5.74) is 0.343. The monoisotopic (exact) mass is 333 g/mol. The molecule has 1 amide bonds. The summed E-state index contributed by atoms with van der Waals surface area (Å²) in [5.74, 6) is -2.26. The van der Waals surface area contributed by atoms with Gasteiger partial charge in [-0.2, -0.15) is 8.78 Å². The number of carbonyl (C=O) groups excluding carboxylic acids is 1. The van der Waals surface area contributed by atoms with E-state index in [-0.39, 0.29) is 22.6 Å². The van der Waals surface area contributed by atoms with Gasteiger partial charge in [-0.15, -0.1) is 0 Å². The van der Waals surface area contributed by atoms with Crippen molar-refractivity contribution in [3.8, 4) is 5.75 Å². The number of carboxylic acid groups (broad SMARTS) is 1. The molecule has 1 aliphatic rings. The van der Waals surface area contributed by atoms with Crippen LogP contribution in [-0.4, -0.2) is 23.6 Å². The van der Waals surface area contributed by atoms with E-state index in [4.69, 9.17) is 16.7 Å². The number of aliphatic carboxylic acids is 1. The Kier molecular flexibility index (Phi) is 5.18. The first-order valence-electron chi connectivity index (χ1n) is 6.65. The summed E-state index contributed by atoms with van der Waals surface area (Å²) in [6.45, 7) is -2.98. The Morgan fingerprint density at radius 1 is 1.32 bits per heavy atom. The van der Waals surface area contributed by atoms with Gasteiger partial charge in [-0.1, -0.05) is 11.6 Å². The van der Waals surface area contributed by atoms with Gasteiger partial charge >= 0.3 is 12.6 Å². The molecule has 1 saturated carbocycles. The average Bonchev–Trinajstić information content (AvgIpc) is 2.91. The number of hydrogen-bond donors (Lipinski definition) is 2. The second-order valence-corrected chi connectivity index (χ2v) is 5.47. The smallest absolute Gasteiger partial charge is 0.387 e. The largest absolute Gasteiger partial charge is 0.481 e. The van der Waals surface area contributed by atoms with Gasteiger partial charge in [-0.05, 0) is 37.5 Å². The standard InChI is InChI=1S/C14H14ClF2NO4/c15-10-6-9(3-4-11(10)22-14(16)17)18-12(19)7-1-2-8(5-7)13(20)21/h3-4,6-8,14H,1-2,5H2,(H,18,19)(H,20,21)/t7-,8+/m0/s1. The Hall–Kier alpha value is -1.89. The van der Waals surface area contributed by atoms with Crippen molar-refractivity contribution < 1.29 is 28.2 Å². The minimum atomic E-state index is -2.98. The topological polar surface area (TPSA) is 75.6 Å². The molecular formula is C14H14ClF2NO4. The number of amides is 1. The zero-order chi connectivity index (χ0) is 16.3. The van der Waals surface area contributed by atoms with Crippen LogP contribution in [0.15, 0.2) is 18.2 Å². The van der Waals surface area contributed by atoms with Crippen molar-refractivity contribution in [2.45, 2.75) is 25.9 Å². The number of carboxylic acids is 1. The first-order chi connectivity index (χ1) is 10.4. The van der Waals surface area contributed by atoms with Crippen LogP contribution in [-0.2, 0) is 9.59 Å². The van der Waals surface area contributed by atoms with Gasteiger partial charge < -0.3 is 15.2 Å². The molecule has 0 heterocycles. The molecule has 22 heavy (non-hydrogen) atoms. The van der Waals surface area contributed by atoms with Crippen molar-refractivity contribution in [3.05, 3.63) is 23.2 Å². The first kappa shape index (κ1) is 16.5. The van der Waals surface area contributed by atoms with Crippen LogP contribution in [0.4, 0.5) is 14.5 Å². The van der Waals surface area contributed by atoms with Crippen molar-refractivity contribution in [1.29, 1.82) is 0 Å². The summed E-state index contributed by atoms with van der Waals surface area (Å²) < 4.78 is 28.4. The number of hydrogen-bond acceptors (Lipinski definition) is 3. The molecule has 0 bridgehead atoms. The van der Waals surface area contributed by atoms with Crippen molar-refractivity contribution in [2.24, 2.45) is 11.8 Å². The third kappa shape index (κ3) is 4.07. The van der Waals surface area contributed by atoms with Gasteiger partial charge in [0, 0.05) is 11.6 Å². The number of halogens is 3. The predicted molar refractivity (Wildman–Crippen MR) is 75.2 cm³/mol. The summed E-state index contributed by atoms with van der Waals surface area (Å²) in [6, 6.07) is 3.94. The number of anilines is 1. The lowest BCUT2D eigenvalue weighted by atomic mass is 10.0. The highest BCUT2D eigenvalue weighted by atomic mass is 35.5. The number of benzene rings is 1. The van der Waals surface area contributed by atoms with Crippen molar-refractivity contribution in [1.82, 2.24) is 0 Å². The zero-order valence-corrected chi connectivity index (χ0v) is 12.1. The molecule has 1 fully saturated rings. The molecule has 1 aromatic carbocycles. The van der Waals surface area contributed by atoms with E-state index in [0.29, 0.717) is 24.9 Å². The molecular weight excluding hydrogens is 320 g/mol. The first-order valence-corrected chi connectivity index (χ1v) is 7.02. The molecule has 0 saturated heterocycles. The van der Waals surface area contributed by atoms with Crippen LogP contribution >= 0.6 is 11.6 Å². The van der Waals surface area contributed by atoms with Gasteiger partial charge in [0.05, 0.1) is 10.9 Å². The Morgan fingerprint density at radius 3 is 2.55 bits per heavy atom. The Morgan fingerprint density at radius 2 is 2.00 bits per heavy atom. The lowest BCUT2D eigenvalue weighted by Gasteiger charge is -2.12. The normalized spacial score (nSPS) is 20.9. The summed E-state index contributed by atoms with van der Waals surface area (Å²) in [4.78, 5) is 22.9. The fourth-order valence-electron chi connectivity index (χ4n) is 2.46. The molecule has 2 atom stereocenters. The molecule has 0 aliphatic heterocycles. The number of alkyl halides is 2. The van der Waals surface area contributed by atoms with Gasteiger partial charge in [0.2, 0.25) is 5.91 Å². The van der Waals surface area contributed by atoms with Crippen LogP contribution in [0, 0.1) is 11.8 Å². The highest BCUT2D eigenvalue weighted by Gasteiger charge is 2.33. The minimum absolute atomic E-state index is 0.0482. The van der Waals surface area contributed by atoms with Gasteiger partial charge in [0.15, 0.2) is 0 Å². The van der Waals surface area contributed by atoms with Gasteiger partial charge in [0.25, 0.3) is 0 Å². The highest BCUT2D eigenvalue weighted by molar-refractivity contribution is 6.32. The van der Waals surface area contributed by atoms with Gasteiger partial charge in [-0.25, -0.2) is 0 Å². The maximum absolute atomic E-state index is 12.1. The van der Waals surface area contributed by atoms with Crippen LogP contribution in [0.25, 0.3) is 0 Å². The van der Waals surface area contributed by atoms with E-state index < -0.39 is 18.5 Å². The maximum atomic E-state index is 12.1. The van der Waals surface area contributed by atoms with Gasteiger partial charge in [0.1, 0.15) is 5.75 Å². The molecule has 120 valence electrons. The third-order valence-corrected chi connectivity index (χ3v) is 3.86. The predicted octanol–water partition coefficient (Wildman–Crippen LogP) is 3.38. The van der Waals surface area contributed by atoms with E-state index in [1.54, 1.807) is 0 Å². The Bertz CT molecular complexity index is 582. The van der Waals surface area contributed by atoms with E-state index in [9.17, 15) is 18.4 Å². The highest BCUT2D eigenvalue weighted by Crippen LogP contribution is 2.33. The van der Waals surface area contributed by atoms with E-state index >= 15 is 0 Å². The quantitative estimate of drug-likeness (QED) is 0.866. The van der Waals surface area contributed by atoms with Crippen LogP contribution < -0.4 is 10.1 Å². The minimum Gasteiger partial charge on any atom is -0.481 e. The summed E-state index contributed by atoms with van der Waals surface area (Å²) in [6.07, 6.45) is 1.26. The zero-order valence-electron chi connectivity index (χ0n) is 11.4. The molecule has 2 N–H and O–H groups in total. The lowest BCUT2D eigenvalue weighted by Crippen LogP contribution is -2.21. The second kappa shape index (κ2) is 6.91. The fourth-order valence-corrected chi connectivity index (χ4v) is 2.68. The van der Waals surface area contributed by atoms with Crippen LogP contribution in [0.1, 0.15) is 19.3 Å². The van der Waals surface area contributed by atoms with Crippen LogP contribution in [0.3, 0.4) is 0 Å². The molecule has 2 rings (SSSR count). The van der Waals surface area contributed by atoms with Crippen molar-refractivity contribution in [3.63, 3.8) is 0 Å². The van der Waals surface area contributed by atoms with E-state index in [2.05, 4.69) is 10.1 Å². The number of nitrogens with one attached hydrogen (secondary N) is 1. The van der Waals surface area contributed by atoms with Crippen molar-refractivity contribution in [2.75, 3.05) is 5.32 Å². The second-order valence-electron chi connectivity index (χ2n) is 5.06. The van der Waals surface area contributed by atoms with Crippen LogP contribution in [0.5, 0.6) is 5.75 Å². The molecule has 0 radical (unpaired) electrons. The van der Waals surface area contributed by atoms with E-state index in [1.165, 1.54) is 18.2 Å². The van der Waals surface area contributed by atoms with E-state index in [0.717, 1.165) is 0 Å². The Balaban J connectivity index is 1.97. The number of carbonyl (C=O) groups is 2. The molecule has 0 unspecified atom stereocenters.